The number of ether oxygens (including phenoxy) is 3. The average molecular weight is 383 g/mol. The Morgan fingerprint density at radius 3 is 2.71 bits per heavy atom. The number of rotatable bonds is 9. The number of methoxy groups -OCH3 is 2. The lowest BCUT2D eigenvalue weighted by Crippen LogP contribution is -2.14. The van der Waals surface area contributed by atoms with Gasteiger partial charge in [0.05, 0.1) is 33.4 Å². The van der Waals surface area contributed by atoms with Crippen LogP contribution >= 0.6 is 0 Å². The fraction of sp³-hybridized carbons (Fsp3) is 0.300. The van der Waals surface area contributed by atoms with Crippen LogP contribution < -0.4 is 25.3 Å². The molecule has 0 unspecified atom stereocenters. The van der Waals surface area contributed by atoms with E-state index in [2.05, 4.69) is 20.5 Å². The number of aromatic nitrogens is 3. The second-order valence-electron chi connectivity index (χ2n) is 6.05. The third-order valence-corrected chi connectivity index (χ3v) is 4.20. The van der Waals surface area contributed by atoms with Crippen molar-refractivity contribution in [1.29, 1.82) is 0 Å². The number of H-pyrrole nitrogens is 1. The summed E-state index contributed by atoms with van der Waals surface area (Å²) in [7, 11) is 3.24. The van der Waals surface area contributed by atoms with Crippen LogP contribution in [0.3, 0.4) is 0 Å². The Labute approximate surface area is 164 Å². The van der Waals surface area contributed by atoms with Gasteiger partial charge in [-0.3, -0.25) is 5.10 Å². The fourth-order valence-corrected chi connectivity index (χ4v) is 2.75. The van der Waals surface area contributed by atoms with E-state index in [1.54, 1.807) is 14.2 Å². The van der Waals surface area contributed by atoms with Gasteiger partial charge in [0.1, 0.15) is 11.6 Å². The van der Waals surface area contributed by atoms with Gasteiger partial charge in [0, 0.05) is 11.8 Å². The van der Waals surface area contributed by atoms with Gasteiger partial charge in [0.25, 0.3) is 0 Å². The Bertz CT molecular complexity index is 912. The van der Waals surface area contributed by atoms with Crippen LogP contribution in [0.4, 0.5) is 5.69 Å². The van der Waals surface area contributed by atoms with E-state index in [4.69, 9.17) is 19.9 Å². The molecular weight excluding hydrogens is 358 g/mol. The molecule has 4 N–H and O–H groups in total. The first-order valence-corrected chi connectivity index (χ1v) is 9.00. The molecule has 3 rings (SSSR count). The topological polar surface area (TPSA) is 107 Å². The maximum atomic E-state index is 6.34. The lowest BCUT2D eigenvalue weighted by molar-refractivity contribution is 0.310. The standard InChI is InChI=1S/C20H25N5O3/c1-4-28-16-9-8-13(10-17(16)27-3)19(21)20-23-18(24-25-20)12-22-14-6-5-7-15(11-14)26-2/h5-11,19,22H,4,12,21H2,1-3H3,(H,23,24,25)/t19-/m1/s1. The Hall–Kier alpha value is -3.26. The predicted octanol–water partition coefficient (Wildman–Crippen LogP) is 2.88. The number of hydrogen-bond acceptors (Lipinski definition) is 7. The van der Waals surface area contributed by atoms with Crippen LogP contribution in [0.25, 0.3) is 0 Å². The summed E-state index contributed by atoms with van der Waals surface area (Å²) in [6.45, 7) is 2.97. The Morgan fingerprint density at radius 2 is 1.96 bits per heavy atom. The molecule has 0 saturated heterocycles. The summed E-state index contributed by atoms with van der Waals surface area (Å²) in [5.74, 6) is 3.29. The lowest BCUT2D eigenvalue weighted by atomic mass is 10.1. The van der Waals surface area contributed by atoms with E-state index >= 15 is 0 Å². The summed E-state index contributed by atoms with van der Waals surface area (Å²) in [6, 6.07) is 12.8. The molecule has 8 nitrogen and oxygen atoms in total. The van der Waals surface area contributed by atoms with Crippen molar-refractivity contribution in [3.05, 3.63) is 59.7 Å². The van der Waals surface area contributed by atoms with Crippen molar-refractivity contribution in [1.82, 2.24) is 15.2 Å². The quantitative estimate of drug-likeness (QED) is 0.521. The van der Waals surface area contributed by atoms with Gasteiger partial charge in [-0.1, -0.05) is 12.1 Å². The molecule has 0 saturated carbocycles. The summed E-state index contributed by atoms with van der Waals surface area (Å²) in [5, 5.41) is 10.5. The van der Waals surface area contributed by atoms with E-state index in [9.17, 15) is 0 Å². The van der Waals surface area contributed by atoms with Gasteiger partial charge in [-0.25, -0.2) is 4.98 Å². The van der Waals surface area contributed by atoms with Crippen LogP contribution in [0.2, 0.25) is 0 Å². The second kappa shape index (κ2) is 9.09. The van der Waals surface area contributed by atoms with E-state index in [0.717, 1.165) is 17.0 Å². The van der Waals surface area contributed by atoms with Crippen LogP contribution in [0.1, 0.15) is 30.2 Å². The van der Waals surface area contributed by atoms with Gasteiger partial charge in [-0.2, -0.15) is 5.10 Å². The molecule has 0 aliphatic carbocycles. The molecule has 8 heteroatoms. The van der Waals surface area contributed by atoms with Crippen molar-refractivity contribution in [2.24, 2.45) is 5.73 Å². The van der Waals surface area contributed by atoms with E-state index in [0.29, 0.717) is 36.3 Å². The summed E-state index contributed by atoms with van der Waals surface area (Å²) in [5.41, 5.74) is 8.11. The van der Waals surface area contributed by atoms with Crippen LogP contribution in [0.5, 0.6) is 17.2 Å². The summed E-state index contributed by atoms with van der Waals surface area (Å²) < 4.78 is 16.2. The average Bonchev–Trinajstić information content (AvgIpc) is 3.21. The van der Waals surface area contributed by atoms with E-state index in [1.807, 2.05) is 49.4 Å². The summed E-state index contributed by atoms with van der Waals surface area (Å²) in [4.78, 5) is 4.50. The molecule has 148 valence electrons. The lowest BCUT2D eigenvalue weighted by Gasteiger charge is -2.13. The first-order valence-electron chi connectivity index (χ1n) is 9.00. The third kappa shape index (κ3) is 4.52. The van der Waals surface area contributed by atoms with Crippen molar-refractivity contribution >= 4 is 5.69 Å². The highest BCUT2D eigenvalue weighted by Gasteiger charge is 2.17. The monoisotopic (exact) mass is 383 g/mol. The molecule has 0 bridgehead atoms. The Kier molecular flexibility index (Phi) is 6.33. The molecule has 1 aromatic heterocycles. The molecular formula is C20H25N5O3. The van der Waals surface area contributed by atoms with Crippen molar-refractivity contribution < 1.29 is 14.2 Å². The molecule has 2 aromatic carbocycles. The highest BCUT2D eigenvalue weighted by Crippen LogP contribution is 2.31. The van der Waals surface area contributed by atoms with Crippen LogP contribution in [-0.2, 0) is 6.54 Å². The Morgan fingerprint density at radius 1 is 1.11 bits per heavy atom. The summed E-state index contributed by atoms with van der Waals surface area (Å²) in [6.07, 6.45) is 0. The van der Waals surface area contributed by atoms with Gasteiger partial charge in [-0.15, -0.1) is 0 Å². The number of anilines is 1. The molecule has 28 heavy (non-hydrogen) atoms. The van der Waals surface area contributed by atoms with E-state index in [-0.39, 0.29) is 0 Å². The number of nitrogens with zero attached hydrogens (tertiary/aromatic N) is 2. The number of nitrogens with two attached hydrogens (primary N) is 1. The van der Waals surface area contributed by atoms with Crippen molar-refractivity contribution in [2.75, 3.05) is 26.1 Å². The smallest absolute Gasteiger partial charge is 0.171 e. The van der Waals surface area contributed by atoms with Gasteiger partial charge >= 0.3 is 0 Å². The SMILES string of the molecule is CCOc1ccc([C@@H](N)c2n[nH]c(CNc3cccc(OC)c3)n2)cc1OC. The van der Waals surface area contributed by atoms with Crippen LogP contribution in [0.15, 0.2) is 42.5 Å². The number of benzene rings is 2. The highest BCUT2D eigenvalue weighted by atomic mass is 16.5. The zero-order chi connectivity index (χ0) is 19.9. The second-order valence-corrected chi connectivity index (χ2v) is 6.05. The normalized spacial score (nSPS) is 11.7. The first-order chi connectivity index (χ1) is 13.6. The number of nitrogens with one attached hydrogen (secondary N) is 2. The molecule has 1 atom stereocenters. The van der Waals surface area contributed by atoms with E-state index in [1.165, 1.54) is 0 Å². The summed E-state index contributed by atoms with van der Waals surface area (Å²) >= 11 is 0. The minimum atomic E-state index is -0.480. The minimum absolute atomic E-state index is 0.480. The number of hydrogen-bond donors (Lipinski definition) is 3. The third-order valence-electron chi connectivity index (χ3n) is 4.20. The zero-order valence-electron chi connectivity index (χ0n) is 16.2. The molecule has 0 aliphatic rings. The predicted molar refractivity (Wildman–Crippen MR) is 107 cm³/mol. The van der Waals surface area contributed by atoms with Crippen LogP contribution in [0, 0.1) is 0 Å². The highest BCUT2D eigenvalue weighted by molar-refractivity contribution is 5.48. The van der Waals surface area contributed by atoms with Crippen molar-refractivity contribution in [3.8, 4) is 17.2 Å². The van der Waals surface area contributed by atoms with Gasteiger partial charge in [-0.05, 0) is 36.8 Å². The molecule has 0 aliphatic heterocycles. The maximum Gasteiger partial charge on any atom is 0.171 e. The Balaban J connectivity index is 1.69. The van der Waals surface area contributed by atoms with Crippen molar-refractivity contribution in [2.45, 2.75) is 19.5 Å². The molecule has 1 heterocycles. The zero-order valence-corrected chi connectivity index (χ0v) is 16.2. The fourth-order valence-electron chi connectivity index (χ4n) is 2.75. The van der Waals surface area contributed by atoms with Gasteiger partial charge in [0.15, 0.2) is 17.3 Å². The molecule has 3 aromatic rings. The molecule has 0 amide bonds. The van der Waals surface area contributed by atoms with Gasteiger partial charge < -0.3 is 25.3 Å². The van der Waals surface area contributed by atoms with Crippen molar-refractivity contribution in [3.63, 3.8) is 0 Å². The molecule has 0 spiro atoms. The van der Waals surface area contributed by atoms with E-state index < -0.39 is 6.04 Å². The first kappa shape index (κ1) is 19.5. The minimum Gasteiger partial charge on any atom is -0.497 e. The molecule has 0 fully saturated rings. The van der Waals surface area contributed by atoms with Gasteiger partial charge in [0.2, 0.25) is 0 Å². The largest absolute Gasteiger partial charge is 0.497 e. The number of aromatic amines is 1. The van der Waals surface area contributed by atoms with Crippen LogP contribution in [-0.4, -0.2) is 36.0 Å². The maximum absolute atomic E-state index is 6.34. The molecule has 0 radical (unpaired) electrons.